The molecule has 24 heavy (non-hydrogen) atoms. The molecule has 0 spiro atoms. The maximum absolute atomic E-state index is 13.8. The van der Waals surface area contributed by atoms with Crippen LogP contribution in [0.1, 0.15) is 0 Å². The lowest BCUT2D eigenvalue weighted by molar-refractivity contribution is 0.583. The fourth-order valence-corrected chi connectivity index (χ4v) is 7.28. The molecule has 122 valence electrons. The van der Waals surface area contributed by atoms with Gasteiger partial charge in [-0.2, -0.15) is 10.9 Å². The Labute approximate surface area is 142 Å². The number of hydrogen-bond donors (Lipinski definition) is 1. The van der Waals surface area contributed by atoms with Gasteiger partial charge in [-0.1, -0.05) is 0 Å². The first-order chi connectivity index (χ1) is 11.5. The van der Waals surface area contributed by atoms with E-state index in [-0.39, 0.29) is 5.82 Å². The molecular formula is C18H11F3OS2. The molecule has 3 aromatic carbocycles. The van der Waals surface area contributed by atoms with Gasteiger partial charge in [0.05, 0.1) is 9.79 Å². The van der Waals surface area contributed by atoms with E-state index in [1.807, 2.05) is 0 Å². The fourth-order valence-electron chi connectivity index (χ4n) is 2.76. The fraction of sp³-hybridized carbons (Fsp3) is 0. The maximum atomic E-state index is 13.8. The molecule has 0 radical (unpaired) electrons. The first-order valence-corrected chi connectivity index (χ1v) is 9.60. The Kier molecular flexibility index (Phi) is 3.83. The molecule has 0 unspecified atom stereocenters. The van der Waals surface area contributed by atoms with Crippen molar-refractivity contribution in [2.75, 3.05) is 0 Å². The van der Waals surface area contributed by atoms with Gasteiger partial charge in [-0.3, -0.25) is 0 Å². The summed E-state index contributed by atoms with van der Waals surface area (Å²) in [6.07, 6.45) is 0. The summed E-state index contributed by atoms with van der Waals surface area (Å²) in [4.78, 5) is 2.94. The van der Waals surface area contributed by atoms with Crippen LogP contribution in [0.5, 0.6) is 0 Å². The van der Waals surface area contributed by atoms with E-state index in [1.165, 1.54) is 48.5 Å². The smallest absolute Gasteiger partial charge is 0.171 e. The number of benzene rings is 3. The number of rotatable bonds is 1. The minimum atomic E-state index is -1.50. The molecule has 6 heteroatoms. The zero-order valence-corrected chi connectivity index (χ0v) is 13.9. The van der Waals surface area contributed by atoms with E-state index < -0.39 is 33.7 Å². The van der Waals surface area contributed by atoms with Crippen LogP contribution in [0.15, 0.2) is 85.1 Å². The molecule has 0 atom stereocenters. The van der Waals surface area contributed by atoms with Gasteiger partial charge in [0.25, 0.3) is 0 Å². The number of fused-ring (bicyclic) bond motifs is 2. The molecule has 0 aromatic heterocycles. The van der Waals surface area contributed by atoms with Crippen molar-refractivity contribution in [3.05, 3.63) is 78.1 Å². The number of thiol groups is 1. The average molecular weight is 364 g/mol. The summed E-state index contributed by atoms with van der Waals surface area (Å²) < 4.78 is 53.7. The van der Waals surface area contributed by atoms with E-state index in [4.69, 9.17) is 0 Å². The SMILES string of the molecule is [O-][S+]1c2ccc(F)cc2[SH](c2ccc(F)cc2)c2cc(F)ccc21. The number of hydrogen-bond acceptors (Lipinski definition) is 1. The second kappa shape index (κ2) is 5.88. The Morgan fingerprint density at radius 3 is 1.62 bits per heavy atom. The van der Waals surface area contributed by atoms with E-state index in [0.29, 0.717) is 19.6 Å². The predicted molar refractivity (Wildman–Crippen MR) is 87.7 cm³/mol. The topological polar surface area (TPSA) is 23.1 Å². The molecule has 4 rings (SSSR count). The standard InChI is InChI=1S/C18H11F3OS2/c19-11-1-5-14(6-2-11)23-17-9-12(20)3-7-15(17)24(22)16-8-4-13(21)10-18(16)23/h1-10,23H. The molecule has 0 amide bonds. The van der Waals surface area contributed by atoms with Crippen LogP contribution in [0, 0.1) is 17.5 Å². The van der Waals surface area contributed by atoms with E-state index in [9.17, 15) is 17.7 Å². The van der Waals surface area contributed by atoms with E-state index in [2.05, 4.69) is 0 Å². The highest BCUT2D eigenvalue weighted by molar-refractivity contribution is 8.18. The summed E-state index contributed by atoms with van der Waals surface area (Å²) >= 11 is -1.50. The van der Waals surface area contributed by atoms with Gasteiger partial charge in [0.15, 0.2) is 9.79 Å². The molecule has 3 aromatic rings. The maximum Gasteiger partial charge on any atom is 0.171 e. The van der Waals surface area contributed by atoms with Gasteiger partial charge in [-0.25, -0.2) is 13.2 Å². The third kappa shape index (κ3) is 2.51. The van der Waals surface area contributed by atoms with Crippen LogP contribution >= 0.6 is 10.9 Å². The van der Waals surface area contributed by atoms with Gasteiger partial charge in [-0.15, -0.1) is 0 Å². The van der Waals surface area contributed by atoms with Gasteiger partial charge in [-0.05, 0) is 65.6 Å². The summed E-state index contributed by atoms with van der Waals surface area (Å²) in [5, 5.41) is 0. The Morgan fingerprint density at radius 2 is 1.12 bits per heavy atom. The van der Waals surface area contributed by atoms with Crippen molar-refractivity contribution in [2.45, 2.75) is 24.5 Å². The molecule has 0 fully saturated rings. The van der Waals surface area contributed by atoms with Crippen molar-refractivity contribution < 1.29 is 17.7 Å². The third-order valence-corrected chi connectivity index (χ3v) is 8.14. The normalized spacial score (nSPS) is 20.3. The summed E-state index contributed by atoms with van der Waals surface area (Å²) in [7, 11) is -1.31. The largest absolute Gasteiger partial charge is 0.606 e. The van der Waals surface area contributed by atoms with Gasteiger partial charge >= 0.3 is 0 Å². The zero-order valence-electron chi connectivity index (χ0n) is 12.2. The number of halogens is 3. The van der Waals surface area contributed by atoms with Crippen LogP contribution in [0.3, 0.4) is 0 Å². The van der Waals surface area contributed by atoms with Crippen LogP contribution in [-0.2, 0) is 11.2 Å². The second-order valence-corrected chi connectivity index (χ2v) is 8.87. The van der Waals surface area contributed by atoms with Crippen molar-refractivity contribution in [1.29, 1.82) is 0 Å². The Hall–Kier alpha value is -1.89. The van der Waals surface area contributed by atoms with E-state index >= 15 is 0 Å². The van der Waals surface area contributed by atoms with Crippen molar-refractivity contribution in [1.82, 2.24) is 0 Å². The van der Waals surface area contributed by atoms with Gasteiger partial charge in [0, 0.05) is 11.2 Å². The Balaban J connectivity index is 2.01. The highest BCUT2D eigenvalue weighted by atomic mass is 32.2. The van der Waals surface area contributed by atoms with Crippen molar-refractivity contribution in [3.63, 3.8) is 0 Å². The van der Waals surface area contributed by atoms with Gasteiger partial charge in [0.1, 0.15) is 17.5 Å². The van der Waals surface area contributed by atoms with Crippen LogP contribution in [0.2, 0.25) is 0 Å². The minimum Gasteiger partial charge on any atom is -0.606 e. The lowest BCUT2D eigenvalue weighted by Crippen LogP contribution is -2.13. The van der Waals surface area contributed by atoms with Crippen LogP contribution in [-0.4, -0.2) is 4.55 Å². The zero-order chi connectivity index (χ0) is 16.8. The van der Waals surface area contributed by atoms with Gasteiger partial charge < -0.3 is 4.55 Å². The quantitative estimate of drug-likeness (QED) is 0.473. The lowest BCUT2D eigenvalue weighted by Gasteiger charge is -2.31. The Bertz CT molecular complexity index is 875. The van der Waals surface area contributed by atoms with E-state index in [0.717, 1.165) is 4.90 Å². The first-order valence-electron chi connectivity index (χ1n) is 7.11. The van der Waals surface area contributed by atoms with Crippen molar-refractivity contribution in [2.24, 2.45) is 0 Å². The highest BCUT2D eigenvalue weighted by Crippen LogP contribution is 2.59. The van der Waals surface area contributed by atoms with Crippen molar-refractivity contribution >= 4 is 22.1 Å². The second-order valence-electron chi connectivity index (χ2n) is 5.30. The third-order valence-electron chi connectivity index (χ3n) is 3.81. The molecule has 1 aliphatic rings. The monoisotopic (exact) mass is 364 g/mol. The predicted octanol–water partition coefficient (Wildman–Crippen LogP) is 5.06. The van der Waals surface area contributed by atoms with Crippen LogP contribution < -0.4 is 0 Å². The van der Waals surface area contributed by atoms with Crippen LogP contribution in [0.25, 0.3) is 0 Å². The summed E-state index contributed by atoms with van der Waals surface area (Å²) in [6, 6.07) is 14.1. The lowest BCUT2D eigenvalue weighted by atomic mass is 10.3. The molecule has 0 bridgehead atoms. The molecule has 1 aliphatic heterocycles. The summed E-state index contributed by atoms with van der Waals surface area (Å²) in [5.41, 5.74) is 0. The van der Waals surface area contributed by atoms with Crippen LogP contribution in [0.4, 0.5) is 13.2 Å². The molecule has 0 saturated heterocycles. The molecule has 1 nitrogen and oxygen atoms in total. The highest BCUT2D eigenvalue weighted by Gasteiger charge is 2.35. The molecule has 0 N–H and O–H groups in total. The summed E-state index contributed by atoms with van der Waals surface area (Å²) in [5.74, 6) is -1.27. The van der Waals surface area contributed by atoms with Gasteiger partial charge in [0.2, 0.25) is 0 Å². The average Bonchev–Trinajstić information content (AvgIpc) is 2.56. The van der Waals surface area contributed by atoms with Crippen molar-refractivity contribution in [3.8, 4) is 0 Å². The molecule has 1 heterocycles. The summed E-state index contributed by atoms with van der Waals surface area (Å²) in [6.45, 7) is 0. The molecular weight excluding hydrogens is 353 g/mol. The molecule has 0 aliphatic carbocycles. The molecule has 0 saturated carbocycles. The first kappa shape index (κ1) is 15.6. The minimum absolute atomic E-state index is 0.381. The van der Waals surface area contributed by atoms with E-state index in [1.54, 1.807) is 12.1 Å². The Morgan fingerprint density at radius 1 is 0.667 bits per heavy atom.